The lowest BCUT2D eigenvalue weighted by Crippen LogP contribution is -2.17. The summed E-state index contributed by atoms with van der Waals surface area (Å²) in [6.45, 7) is 9.94. The molecule has 0 rings (SSSR count). The minimum atomic E-state index is -0.843. The molecule has 0 aliphatic rings. The Labute approximate surface area is 116 Å². The third-order valence-electron chi connectivity index (χ3n) is 2.73. The highest BCUT2D eigenvalue weighted by molar-refractivity contribution is 5.79. The molecule has 0 aromatic carbocycles. The Morgan fingerprint density at radius 1 is 1.32 bits per heavy atom. The fraction of sp³-hybridized carbons (Fsp3) is 0.688. The molecule has 1 N–H and O–H groups in total. The Bertz CT molecular complexity index is 383. The maximum Gasteiger partial charge on any atom is 0.308 e. The highest BCUT2D eigenvalue weighted by Gasteiger charge is 2.20. The number of Topliss-reactive ketones (excluding diaryl/α,β-unsaturated/α-hetero) is 1. The second-order valence-electron chi connectivity index (χ2n) is 6.38. The highest BCUT2D eigenvalue weighted by Crippen LogP contribution is 2.27. The van der Waals surface area contributed by atoms with Gasteiger partial charge in [-0.15, -0.1) is 5.73 Å². The van der Waals surface area contributed by atoms with Crippen LogP contribution in [-0.4, -0.2) is 16.9 Å². The summed E-state index contributed by atoms with van der Waals surface area (Å²) in [6.07, 6.45) is 3.78. The molecular formula is C16H26O3. The number of hydrogen-bond donors (Lipinski definition) is 1. The van der Waals surface area contributed by atoms with Crippen molar-refractivity contribution >= 4 is 11.8 Å². The SMILES string of the molecule is CC(=C=CCC(C)(C)CC(=O)CC(C)C)CC(=O)O. The lowest BCUT2D eigenvalue weighted by molar-refractivity contribution is -0.136. The third kappa shape index (κ3) is 10.3. The zero-order valence-corrected chi connectivity index (χ0v) is 12.7. The van der Waals surface area contributed by atoms with Gasteiger partial charge >= 0.3 is 5.97 Å². The maximum atomic E-state index is 11.8. The molecule has 0 aromatic rings. The molecule has 0 fully saturated rings. The Balaban J connectivity index is 4.41. The van der Waals surface area contributed by atoms with Gasteiger partial charge in [0.2, 0.25) is 0 Å². The van der Waals surface area contributed by atoms with Crippen molar-refractivity contribution < 1.29 is 14.7 Å². The Kier molecular flexibility index (Phi) is 7.40. The summed E-state index contributed by atoms with van der Waals surface area (Å²) >= 11 is 0. The summed E-state index contributed by atoms with van der Waals surface area (Å²) < 4.78 is 0. The molecule has 0 amide bonds. The van der Waals surface area contributed by atoms with E-state index in [0.717, 1.165) is 6.42 Å². The van der Waals surface area contributed by atoms with Gasteiger partial charge in [-0.2, -0.15) is 0 Å². The number of aliphatic carboxylic acids is 1. The van der Waals surface area contributed by atoms with E-state index in [4.69, 9.17) is 5.11 Å². The van der Waals surface area contributed by atoms with Crippen LogP contribution in [0.2, 0.25) is 0 Å². The second-order valence-corrected chi connectivity index (χ2v) is 6.38. The molecule has 0 radical (unpaired) electrons. The van der Waals surface area contributed by atoms with Gasteiger partial charge in [0.25, 0.3) is 0 Å². The summed E-state index contributed by atoms with van der Waals surface area (Å²) in [5.74, 6) is -0.152. The van der Waals surface area contributed by atoms with Crippen LogP contribution < -0.4 is 0 Å². The van der Waals surface area contributed by atoms with Gasteiger partial charge in [0.15, 0.2) is 0 Å². The van der Waals surface area contributed by atoms with Gasteiger partial charge in [0, 0.05) is 12.8 Å². The van der Waals surface area contributed by atoms with Crippen molar-refractivity contribution in [3.05, 3.63) is 17.4 Å². The van der Waals surface area contributed by atoms with Crippen LogP contribution in [0.15, 0.2) is 17.4 Å². The van der Waals surface area contributed by atoms with Crippen molar-refractivity contribution in [1.82, 2.24) is 0 Å². The molecule has 0 aromatic heterocycles. The van der Waals surface area contributed by atoms with E-state index < -0.39 is 5.97 Å². The summed E-state index contributed by atoms with van der Waals surface area (Å²) in [6, 6.07) is 0. The van der Waals surface area contributed by atoms with Gasteiger partial charge < -0.3 is 5.11 Å². The van der Waals surface area contributed by atoms with Crippen molar-refractivity contribution in [3.8, 4) is 0 Å². The van der Waals surface area contributed by atoms with Gasteiger partial charge in [-0.05, 0) is 36.3 Å². The lowest BCUT2D eigenvalue weighted by atomic mass is 9.82. The van der Waals surface area contributed by atoms with Gasteiger partial charge in [0.1, 0.15) is 5.78 Å². The zero-order chi connectivity index (χ0) is 15.1. The molecule has 0 bridgehead atoms. The van der Waals surface area contributed by atoms with Crippen LogP contribution >= 0.6 is 0 Å². The van der Waals surface area contributed by atoms with Crippen molar-refractivity contribution in [1.29, 1.82) is 0 Å². The molecular weight excluding hydrogens is 240 g/mol. The average Bonchev–Trinajstić information content (AvgIpc) is 2.12. The lowest BCUT2D eigenvalue weighted by Gasteiger charge is -2.22. The smallest absolute Gasteiger partial charge is 0.308 e. The summed E-state index contributed by atoms with van der Waals surface area (Å²) in [4.78, 5) is 22.3. The summed E-state index contributed by atoms with van der Waals surface area (Å²) in [5, 5.41) is 8.63. The predicted molar refractivity (Wildman–Crippen MR) is 77.0 cm³/mol. The van der Waals surface area contributed by atoms with Gasteiger partial charge in [-0.1, -0.05) is 27.7 Å². The molecule has 19 heavy (non-hydrogen) atoms. The Hall–Kier alpha value is -1.34. The monoisotopic (exact) mass is 266 g/mol. The van der Waals surface area contributed by atoms with Gasteiger partial charge in [-0.25, -0.2) is 0 Å². The number of carboxylic acids is 1. The molecule has 0 spiro atoms. The normalized spacial score (nSPS) is 11.1. The van der Waals surface area contributed by atoms with E-state index in [1.807, 2.05) is 19.9 Å². The molecule has 0 aliphatic carbocycles. The highest BCUT2D eigenvalue weighted by atomic mass is 16.4. The number of carbonyl (C=O) groups excluding carboxylic acids is 1. The van der Waals surface area contributed by atoms with Crippen LogP contribution in [0.1, 0.15) is 60.3 Å². The molecule has 3 nitrogen and oxygen atoms in total. The standard InChI is InChI=1S/C16H26O3/c1-12(2)9-14(17)11-16(4,5)8-6-7-13(3)10-15(18)19/h6,12H,8-11H2,1-5H3,(H,18,19). The van der Waals surface area contributed by atoms with E-state index in [9.17, 15) is 9.59 Å². The van der Waals surface area contributed by atoms with Crippen LogP contribution in [-0.2, 0) is 9.59 Å². The van der Waals surface area contributed by atoms with E-state index in [1.165, 1.54) is 0 Å². The number of hydrogen-bond acceptors (Lipinski definition) is 2. The largest absolute Gasteiger partial charge is 0.481 e. The number of ketones is 1. The minimum absolute atomic E-state index is 0.0171. The van der Waals surface area contributed by atoms with Crippen LogP contribution in [0.4, 0.5) is 0 Å². The van der Waals surface area contributed by atoms with Crippen molar-refractivity contribution in [2.45, 2.75) is 60.3 Å². The molecule has 0 aliphatic heterocycles. The van der Waals surface area contributed by atoms with Gasteiger partial charge in [-0.3, -0.25) is 9.59 Å². The van der Waals surface area contributed by atoms with E-state index in [0.29, 0.717) is 30.1 Å². The Morgan fingerprint density at radius 2 is 1.89 bits per heavy atom. The predicted octanol–water partition coefficient (Wildman–Crippen LogP) is 3.98. The topological polar surface area (TPSA) is 54.4 Å². The first kappa shape index (κ1) is 17.7. The number of rotatable bonds is 8. The molecule has 3 heteroatoms. The van der Waals surface area contributed by atoms with E-state index in [2.05, 4.69) is 19.6 Å². The second kappa shape index (κ2) is 7.96. The molecule has 0 saturated heterocycles. The third-order valence-corrected chi connectivity index (χ3v) is 2.73. The average molecular weight is 266 g/mol. The first-order chi connectivity index (χ1) is 8.62. The van der Waals surface area contributed by atoms with E-state index >= 15 is 0 Å². The van der Waals surface area contributed by atoms with E-state index in [-0.39, 0.29) is 11.8 Å². The molecule has 0 saturated carbocycles. The Morgan fingerprint density at radius 3 is 2.37 bits per heavy atom. The summed E-state index contributed by atoms with van der Waals surface area (Å²) in [5.41, 5.74) is 3.59. The first-order valence-corrected chi connectivity index (χ1v) is 6.76. The number of carboxylic acid groups (broad SMARTS) is 1. The quantitative estimate of drug-likeness (QED) is 0.676. The first-order valence-electron chi connectivity index (χ1n) is 6.76. The van der Waals surface area contributed by atoms with Crippen LogP contribution in [0.5, 0.6) is 0 Å². The summed E-state index contributed by atoms with van der Waals surface area (Å²) in [7, 11) is 0. The fourth-order valence-corrected chi connectivity index (χ4v) is 1.91. The van der Waals surface area contributed by atoms with Crippen LogP contribution in [0.3, 0.4) is 0 Å². The van der Waals surface area contributed by atoms with Crippen molar-refractivity contribution in [2.75, 3.05) is 0 Å². The van der Waals surface area contributed by atoms with Crippen LogP contribution in [0.25, 0.3) is 0 Å². The van der Waals surface area contributed by atoms with Crippen LogP contribution in [0, 0.1) is 11.3 Å². The zero-order valence-electron chi connectivity index (χ0n) is 12.7. The van der Waals surface area contributed by atoms with Gasteiger partial charge in [0.05, 0.1) is 6.42 Å². The molecule has 0 atom stereocenters. The van der Waals surface area contributed by atoms with Crippen molar-refractivity contribution in [2.24, 2.45) is 11.3 Å². The maximum absolute atomic E-state index is 11.8. The number of carbonyl (C=O) groups is 2. The van der Waals surface area contributed by atoms with E-state index in [1.54, 1.807) is 6.92 Å². The molecule has 108 valence electrons. The molecule has 0 unspecified atom stereocenters. The van der Waals surface area contributed by atoms with Crippen molar-refractivity contribution in [3.63, 3.8) is 0 Å². The minimum Gasteiger partial charge on any atom is -0.481 e. The molecule has 0 heterocycles. The fourth-order valence-electron chi connectivity index (χ4n) is 1.91.